The van der Waals surface area contributed by atoms with E-state index in [2.05, 4.69) is 26.1 Å². The van der Waals surface area contributed by atoms with Crippen LogP contribution in [0.2, 0.25) is 0 Å². The zero-order valence-corrected chi connectivity index (χ0v) is 12.2. The number of hydrogen-bond donors (Lipinski definition) is 1. The molecule has 0 saturated carbocycles. The Morgan fingerprint density at radius 2 is 1.76 bits per heavy atom. The average molecular weight is 243 g/mol. The molecule has 0 saturated heterocycles. The number of ether oxygens (including phenoxy) is 1. The van der Waals surface area contributed by atoms with Gasteiger partial charge in [-0.15, -0.1) is 0 Å². The SMILES string of the molecule is CCC(C)CC(CC)NC(C(=O)OC)C(C)C. The fourth-order valence-electron chi connectivity index (χ4n) is 1.92. The van der Waals surface area contributed by atoms with Gasteiger partial charge in [0.05, 0.1) is 7.11 Å². The summed E-state index contributed by atoms with van der Waals surface area (Å²) in [5.41, 5.74) is 0. The largest absolute Gasteiger partial charge is 0.468 e. The van der Waals surface area contributed by atoms with Gasteiger partial charge in [0.15, 0.2) is 0 Å². The van der Waals surface area contributed by atoms with Crippen molar-refractivity contribution >= 4 is 5.97 Å². The van der Waals surface area contributed by atoms with Crippen LogP contribution in [0.5, 0.6) is 0 Å². The Hall–Kier alpha value is -0.570. The first-order valence-corrected chi connectivity index (χ1v) is 6.80. The van der Waals surface area contributed by atoms with Gasteiger partial charge in [-0.05, 0) is 24.7 Å². The Labute approximate surface area is 106 Å². The molecule has 17 heavy (non-hydrogen) atoms. The van der Waals surface area contributed by atoms with Gasteiger partial charge in [-0.1, -0.05) is 41.0 Å². The fraction of sp³-hybridized carbons (Fsp3) is 0.929. The van der Waals surface area contributed by atoms with E-state index < -0.39 is 0 Å². The van der Waals surface area contributed by atoms with E-state index in [0.29, 0.717) is 12.0 Å². The highest BCUT2D eigenvalue weighted by molar-refractivity contribution is 5.75. The monoisotopic (exact) mass is 243 g/mol. The van der Waals surface area contributed by atoms with Crippen LogP contribution in [0, 0.1) is 11.8 Å². The Kier molecular flexibility index (Phi) is 8.23. The van der Waals surface area contributed by atoms with Gasteiger partial charge in [-0.3, -0.25) is 4.79 Å². The summed E-state index contributed by atoms with van der Waals surface area (Å²) < 4.78 is 4.85. The van der Waals surface area contributed by atoms with Crippen molar-refractivity contribution in [2.24, 2.45) is 11.8 Å². The van der Waals surface area contributed by atoms with Gasteiger partial charge in [0.25, 0.3) is 0 Å². The third kappa shape index (κ3) is 6.06. The van der Waals surface area contributed by atoms with Crippen molar-refractivity contribution in [1.82, 2.24) is 5.32 Å². The maximum Gasteiger partial charge on any atom is 0.323 e. The molecule has 0 aliphatic heterocycles. The quantitative estimate of drug-likeness (QED) is 0.666. The van der Waals surface area contributed by atoms with Gasteiger partial charge >= 0.3 is 5.97 Å². The van der Waals surface area contributed by atoms with Gasteiger partial charge in [0, 0.05) is 6.04 Å². The molecule has 0 amide bonds. The lowest BCUT2D eigenvalue weighted by atomic mass is 9.95. The molecule has 102 valence electrons. The van der Waals surface area contributed by atoms with E-state index in [0.717, 1.165) is 12.8 Å². The Balaban J connectivity index is 4.43. The number of carbonyl (C=O) groups excluding carboxylic acids is 1. The molecule has 1 N–H and O–H groups in total. The van der Waals surface area contributed by atoms with Crippen molar-refractivity contribution in [3.05, 3.63) is 0 Å². The Bertz CT molecular complexity index is 216. The number of hydrogen-bond acceptors (Lipinski definition) is 3. The number of carbonyl (C=O) groups is 1. The molecule has 0 radical (unpaired) electrons. The molecule has 0 bridgehead atoms. The van der Waals surface area contributed by atoms with Crippen LogP contribution < -0.4 is 5.32 Å². The molecule has 3 heteroatoms. The lowest BCUT2D eigenvalue weighted by Gasteiger charge is -2.27. The molecule has 0 spiro atoms. The van der Waals surface area contributed by atoms with Crippen molar-refractivity contribution in [3.63, 3.8) is 0 Å². The Morgan fingerprint density at radius 1 is 1.18 bits per heavy atom. The first kappa shape index (κ1) is 16.4. The normalized spacial score (nSPS) is 16.6. The number of methoxy groups -OCH3 is 1. The van der Waals surface area contributed by atoms with Crippen molar-refractivity contribution in [2.75, 3.05) is 7.11 Å². The first-order chi connectivity index (χ1) is 7.96. The summed E-state index contributed by atoms with van der Waals surface area (Å²) in [7, 11) is 1.45. The third-order valence-corrected chi connectivity index (χ3v) is 3.41. The highest BCUT2D eigenvalue weighted by Gasteiger charge is 2.25. The second-order valence-electron chi connectivity index (χ2n) is 5.27. The molecule has 0 heterocycles. The molecule has 3 nitrogen and oxygen atoms in total. The number of rotatable bonds is 8. The van der Waals surface area contributed by atoms with E-state index in [1.165, 1.54) is 13.5 Å². The third-order valence-electron chi connectivity index (χ3n) is 3.41. The zero-order chi connectivity index (χ0) is 13.4. The minimum absolute atomic E-state index is 0.150. The van der Waals surface area contributed by atoms with Crippen molar-refractivity contribution in [1.29, 1.82) is 0 Å². The van der Waals surface area contributed by atoms with Crippen LogP contribution in [0.4, 0.5) is 0 Å². The van der Waals surface area contributed by atoms with E-state index in [1.54, 1.807) is 0 Å². The van der Waals surface area contributed by atoms with Gasteiger partial charge in [0.1, 0.15) is 6.04 Å². The van der Waals surface area contributed by atoms with E-state index >= 15 is 0 Å². The summed E-state index contributed by atoms with van der Waals surface area (Å²) in [6.07, 6.45) is 3.35. The average Bonchev–Trinajstić information content (AvgIpc) is 2.32. The van der Waals surface area contributed by atoms with E-state index in [1.807, 2.05) is 13.8 Å². The van der Waals surface area contributed by atoms with E-state index in [-0.39, 0.29) is 17.9 Å². The summed E-state index contributed by atoms with van der Waals surface area (Å²) in [5, 5.41) is 3.44. The van der Waals surface area contributed by atoms with E-state index in [9.17, 15) is 4.79 Å². The smallest absolute Gasteiger partial charge is 0.323 e. The minimum atomic E-state index is -0.186. The summed E-state index contributed by atoms with van der Waals surface area (Å²) >= 11 is 0. The molecular weight excluding hydrogens is 214 g/mol. The minimum Gasteiger partial charge on any atom is -0.468 e. The van der Waals surface area contributed by atoms with E-state index in [4.69, 9.17) is 4.74 Å². The summed E-state index contributed by atoms with van der Waals surface area (Å²) in [4.78, 5) is 11.7. The predicted octanol–water partition coefficient (Wildman–Crippen LogP) is 2.99. The van der Waals surface area contributed by atoms with Crippen molar-refractivity contribution in [3.8, 4) is 0 Å². The second-order valence-corrected chi connectivity index (χ2v) is 5.27. The molecule has 0 aromatic heterocycles. The van der Waals surface area contributed by atoms with Crippen LogP contribution in [-0.2, 0) is 9.53 Å². The summed E-state index contributed by atoms with van der Waals surface area (Å²) in [6.45, 7) is 10.7. The molecule has 0 fully saturated rings. The predicted molar refractivity (Wildman–Crippen MR) is 71.9 cm³/mol. The van der Waals surface area contributed by atoms with Crippen LogP contribution in [0.3, 0.4) is 0 Å². The topological polar surface area (TPSA) is 38.3 Å². The van der Waals surface area contributed by atoms with Crippen molar-refractivity contribution < 1.29 is 9.53 Å². The molecule has 0 aromatic carbocycles. The molecule has 0 aliphatic carbocycles. The maximum atomic E-state index is 11.7. The molecule has 0 aromatic rings. The standard InChI is InChI=1S/C14H29NO2/c1-7-11(5)9-12(8-2)15-13(10(3)4)14(16)17-6/h10-13,15H,7-9H2,1-6H3. The molecule has 3 atom stereocenters. The summed E-state index contributed by atoms with van der Waals surface area (Å²) in [6, 6.07) is 0.213. The molecular formula is C14H29NO2. The Morgan fingerprint density at radius 3 is 2.12 bits per heavy atom. The number of nitrogens with one attached hydrogen (secondary N) is 1. The summed E-state index contributed by atoms with van der Waals surface area (Å²) in [5.74, 6) is 0.800. The lowest BCUT2D eigenvalue weighted by Crippen LogP contribution is -2.47. The van der Waals surface area contributed by atoms with Gasteiger partial charge in [-0.25, -0.2) is 0 Å². The maximum absolute atomic E-state index is 11.7. The molecule has 0 rings (SSSR count). The van der Waals surface area contributed by atoms with Gasteiger partial charge in [0.2, 0.25) is 0 Å². The molecule has 0 aliphatic rings. The van der Waals surface area contributed by atoms with Crippen LogP contribution in [-0.4, -0.2) is 25.2 Å². The van der Waals surface area contributed by atoms with Crippen LogP contribution in [0.15, 0.2) is 0 Å². The van der Waals surface area contributed by atoms with Gasteiger partial charge in [-0.2, -0.15) is 0 Å². The van der Waals surface area contributed by atoms with Crippen LogP contribution in [0.1, 0.15) is 53.9 Å². The van der Waals surface area contributed by atoms with Crippen LogP contribution >= 0.6 is 0 Å². The van der Waals surface area contributed by atoms with Crippen LogP contribution in [0.25, 0.3) is 0 Å². The second kappa shape index (κ2) is 8.51. The zero-order valence-electron chi connectivity index (χ0n) is 12.2. The highest BCUT2D eigenvalue weighted by atomic mass is 16.5. The van der Waals surface area contributed by atoms with Crippen molar-refractivity contribution in [2.45, 2.75) is 66.0 Å². The fourth-order valence-corrected chi connectivity index (χ4v) is 1.92. The lowest BCUT2D eigenvalue weighted by molar-refractivity contribution is -0.144. The first-order valence-electron chi connectivity index (χ1n) is 6.80. The highest BCUT2D eigenvalue weighted by Crippen LogP contribution is 2.14. The molecule has 3 unspecified atom stereocenters. The number of esters is 1. The van der Waals surface area contributed by atoms with Gasteiger partial charge < -0.3 is 10.1 Å².